The largest absolute Gasteiger partial charge is 0.235 e. The summed E-state index contributed by atoms with van der Waals surface area (Å²) >= 11 is 6.34. The van der Waals surface area contributed by atoms with Gasteiger partial charge in [0, 0.05) is 5.02 Å². The molecule has 0 unspecified atom stereocenters. The lowest BCUT2D eigenvalue weighted by atomic mass is 9.79. The van der Waals surface area contributed by atoms with Crippen molar-refractivity contribution in [2.45, 2.75) is 45.1 Å². The van der Waals surface area contributed by atoms with Gasteiger partial charge in [0.2, 0.25) is 6.08 Å². The fourth-order valence-electron chi connectivity index (χ4n) is 2.69. The van der Waals surface area contributed by atoms with Gasteiger partial charge in [-0.15, -0.1) is 0 Å². The highest BCUT2D eigenvalue weighted by Crippen LogP contribution is 2.38. The summed E-state index contributed by atoms with van der Waals surface area (Å²) in [6.45, 7) is 2.68. The van der Waals surface area contributed by atoms with E-state index < -0.39 is 0 Å². The van der Waals surface area contributed by atoms with E-state index in [0.717, 1.165) is 16.5 Å². The molecule has 2 nitrogen and oxygen atoms in total. The number of isocyanates is 1. The second-order valence-corrected chi connectivity index (χ2v) is 5.63. The molecule has 0 radical (unpaired) electrons. The number of hydrogen-bond acceptors (Lipinski definition) is 2. The molecule has 18 heavy (non-hydrogen) atoms. The van der Waals surface area contributed by atoms with E-state index in [1.807, 2.05) is 12.1 Å². The zero-order valence-corrected chi connectivity index (χ0v) is 11.4. The predicted octanol–water partition coefficient (Wildman–Crippen LogP) is 4.47. The van der Waals surface area contributed by atoms with Crippen molar-refractivity contribution in [2.75, 3.05) is 0 Å². The van der Waals surface area contributed by atoms with Crippen LogP contribution in [0.2, 0.25) is 5.02 Å². The molecular formula is C15H18ClNO. The topological polar surface area (TPSA) is 29.4 Å². The Morgan fingerprint density at radius 2 is 2.06 bits per heavy atom. The van der Waals surface area contributed by atoms with Gasteiger partial charge in [0.1, 0.15) is 0 Å². The molecule has 2 rings (SSSR count). The fourth-order valence-corrected chi connectivity index (χ4v) is 3.05. The summed E-state index contributed by atoms with van der Waals surface area (Å²) in [5.41, 5.74) is 2.22. The van der Waals surface area contributed by atoms with Crippen molar-refractivity contribution in [1.29, 1.82) is 0 Å². The Balaban J connectivity index is 2.11. The van der Waals surface area contributed by atoms with Gasteiger partial charge in [-0.1, -0.05) is 43.5 Å². The number of benzene rings is 1. The van der Waals surface area contributed by atoms with E-state index >= 15 is 0 Å². The van der Waals surface area contributed by atoms with E-state index in [9.17, 15) is 4.79 Å². The van der Waals surface area contributed by atoms with Crippen molar-refractivity contribution in [3.63, 3.8) is 0 Å². The van der Waals surface area contributed by atoms with Crippen LogP contribution in [-0.4, -0.2) is 6.08 Å². The Labute approximate surface area is 113 Å². The first-order valence-corrected chi connectivity index (χ1v) is 6.90. The van der Waals surface area contributed by atoms with E-state index in [1.165, 1.54) is 31.2 Å². The van der Waals surface area contributed by atoms with Gasteiger partial charge in [0.15, 0.2) is 0 Å². The Bertz CT molecular complexity index is 458. The van der Waals surface area contributed by atoms with Gasteiger partial charge < -0.3 is 0 Å². The molecule has 1 aromatic carbocycles. The number of aliphatic imine (C=N–C) groups is 1. The first-order valence-electron chi connectivity index (χ1n) is 6.52. The van der Waals surface area contributed by atoms with Crippen molar-refractivity contribution in [3.8, 4) is 0 Å². The molecule has 1 saturated carbocycles. The molecule has 0 bridgehead atoms. The van der Waals surface area contributed by atoms with Crippen LogP contribution in [0.25, 0.3) is 0 Å². The highest BCUT2D eigenvalue weighted by Gasteiger charge is 2.21. The maximum Gasteiger partial charge on any atom is 0.235 e. The van der Waals surface area contributed by atoms with Gasteiger partial charge in [0.05, 0.1) is 6.54 Å². The minimum Gasteiger partial charge on any atom is -0.211 e. The molecule has 0 spiro atoms. The average Bonchev–Trinajstić information content (AvgIpc) is 2.38. The smallest absolute Gasteiger partial charge is 0.211 e. The van der Waals surface area contributed by atoms with Crippen LogP contribution in [0.15, 0.2) is 23.2 Å². The zero-order chi connectivity index (χ0) is 13.0. The van der Waals surface area contributed by atoms with E-state index in [-0.39, 0.29) is 0 Å². The molecular weight excluding hydrogens is 246 g/mol. The fraction of sp³-hybridized carbons (Fsp3) is 0.533. The lowest BCUT2D eigenvalue weighted by molar-refractivity contribution is 0.348. The number of nitrogens with zero attached hydrogens (tertiary/aromatic N) is 1. The molecule has 0 amide bonds. The molecule has 3 heteroatoms. The van der Waals surface area contributed by atoms with Crippen LogP contribution in [0.1, 0.15) is 49.7 Å². The van der Waals surface area contributed by atoms with E-state index in [0.29, 0.717) is 12.5 Å². The minimum atomic E-state index is 0.366. The van der Waals surface area contributed by atoms with Crippen LogP contribution < -0.4 is 0 Å². The highest BCUT2D eigenvalue weighted by molar-refractivity contribution is 6.31. The molecule has 1 fully saturated rings. The third-order valence-corrected chi connectivity index (χ3v) is 4.17. The molecule has 0 N–H and O–H groups in total. The van der Waals surface area contributed by atoms with Gasteiger partial charge >= 0.3 is 0 Å². The van der Waals surface area contributed by atoms with Gasteiger partial charge in [-0.25, -0.2) is 9.79 Å². The average molecular weight is 264 g/mol. The molecule has 1 aliphatic carbocycles. The molecule has 0 aromatic heterocycles. The van der Waals surface area contributed by atoms with Gasteiger partial charge in [-0.3, -0.25) is 0 Å². The van der Waals surface area contributed by atoms with Crippen molar-refractivity contribution in [3.05, 3.63) is 34.3 Å². The zero-order valence-electron chi connectivity index (χ0n) is 10.7. The summed E-state index contributed by atoms with van der Waals surface area (Å²) in [5.74, 6) is 1.44. The number of carbonyl (C=O) groups excluding carboxylic acids is 1. The standard InChI is InChI=1S/C15H18ClNO/c1-11-2-5-13(6-3-11)14-7-4-12(8-15(14)16)9-17-10-18/h4,7-8,11,13H,2-3,5-6,9H2,1H3. The lowest BCUT2D eigenvalue weighted by Gasteiger charge is -2.27. The van der Waals surface area contributed by atoms with Crippen LogP contribution >= 0.6 is 11.6 Å². The molecule has 0 heterocycles. The van der Waals surface area contributed by atoms with Crippen molar-refractivity contribution < 1.29 is 4.79 Å². The molecule has 1 aliphatic rings. The first-order chi connectivity index (χ1) is 8.70. The summed E-state index contributed by atoms with van der Waals surface area (Å²) in [7, 11) is 0. The Kier molecular flexibility index (Phi) is 4.57. The third-order valence-electron chi connectivity index (χ3n) is 3.85. The Morgan fingerprint density at radius 1 is 1.33 bits per heavy atom. The normalized spacial score (nSPS) is 23.4. The molecule has 1 aromatic rings. The molecule has 0 atom stereocenters. The number of halogens is 1. The van der Waals surface area contributed by atoms with Gasteiger partial charge in [-0.2, -0.15) is 0 Å². The summed E-state index contributed by atoms with van der Waals surface area (Å²) in [6, 6.07) is 6.04. The van der Waals surface area contributed by atoms with Crippen LogP contribution in [0.4, 0.5) is 0 Å². The molecule has 0 aliphatic heterocycles. The van der Waals surface area contributed by atoms with E-state index in [4.69, 9.17) is 11.6 Å². The summed E-state index contributed by atoms with van der Waals surface area (Å²) in [4.78, 5) is 13.7. The van der Waals surface area contributed by atoms with Gasteiger partial charge in [-0.05, 0) is 41.9 Å². The quantitative estimate of drug-likeness (QED) is 0.584. The van der Waals surface area contributed by atoms with Crippen LogP contribution in [0.5, 0.6) is 0 Å². The van der Waals surface area contributed by atoms with Crippen molar-refractivity contribution in [2.24, 2.45) is 10.9 Å². The first kappa shape index (κ1) is 13.3. The summed E-state index contributed by atoms with van der Waals surface area (Å²) in [5, 5.41) is 0.813. The van der Waals surface area contributed by atoms with E-state index in [1.54, 1.807) is 6.08 Å². The van der Waals surface area contributed by atoms with Gasteiger partial charge in [0.25, 0.3) is 0 Å². The number of rotatable bonds is 3. The lowest BCUT2D eigenvalue weighted by Crippen LogP contribution is -2.11. The molecule has 96 valence electrons. The van der Waals surface area contributed by atoms with Crippen molar-refractivity contribution in [1.82, 2.24) is 0 Å². The summed E-state index contributed by atoms with van der Waals surface area (Å²) in [6.07, 6.45) is 6.59. The predicted molar refractivity (Wildman–Crippen MR) is 73.7 cm³/mol. The Morgan fingerprint density at radius 3 is 2.67 bits per heavy atom. The monoisotopic (exact) mass is 263 g/mol. The second kappa shape index (κ2) is 6.17. The minimum absolute atomic E-state index is 0.366. The third kappa shape index (κ3) is 3.22. The highest BCUT2D eigenvalue weighted by atomic mass is 35.5. The SMILES string of the molecule is CC1CCC(c2ccc(CN=C=O)cc2Cl)CC1. The van der Waals surface area contributed by atoms with Crippen LogP contribution in [0.3, 0.4) is 0 Å². The summed E-state index contributed by atoms with van der Waals surface area (Å²) < 4.78 is 0. The number of hydrogen-bond donors (Lipinski definition) is 0. The van der Waals surface area contributed by atoms with E-state index in [2.05, 4.69) is 18.0 Å². The maximum atomic E-state index is 10.1. The Hall–Kier alpha value is -1.11. The molecule has 0 saturated heterocycles. The second-order valence-electron chi connectivity index (χ2n) is 5.22. The maximum absolute atomic E-state index is 10.1. The van der Waals surface area contributed by atoms with Crippen LogP contribution in [0, 0.1) is 5.92 Å². The van der Waals surface area contributed by atoms with Crippen LogP contribution in [-0.2, 0) is 11.3 Å². The van der Waals surface area contributed by atoms with Crippen molar-refractivity contribution >= 4 is 17.7 Å².